The molecule has 2 heterocycles. The second kappa shape index (κ2) is 7.69. The Morgan fingerprint density at radius 3 is 2.62 bits per heavy atom. The molecule has 4 rings (SSSR count). The Hall–Kier alpha value is -3.17. The Kier molecular flexibility index (Phi) is 5.08. The molecule has 2 aromatic carbocycles. The van der Waals surface area contributed by atoms with Crippen LogP contribution in [-0.4, -0.2) is 24.3 Å². The Morgan fingerprint density at radius 1 is 1.14 bits per heavy atom. The number of thiazole rings is 1. The molecule has 0 fully saturated rings. The van der Waals surface area contributed by atoms with Crippen LogP contribution in [0, 0.1) is 0 Å². The minimum atomic E-state index is -3.73. The number of aromatic nitrogens is 2. The summed E-state index contributed by atoms with van der Waals surface area (Å²) >= 11 is 1.20. The number of carbonyl (C=O) groups excluding carboxylic acids is 1. The Morgan fingerprint density at radius 2 is 1.93 bits per heavy atom. The first kappa shape index (κ1) is 19.2. The molecule has 0 spiro atoms. The molecule has 0 bridgehead atoms. The summed E-state index contributed by atoms with van der Waals surface area (Å²) in [5.74, 6) is -0.296. The minimum absolute atomic E-state index is 0.0865. The molecule has 0 saturated carbocycles. The van der Waals surface area contributed by atoms with Crippen molar-refractivity contribution in [2.45, 2.75) is 18.2 Å². The maximum Gasteiger partial charge on any atom is 0.272 e. The summed E-state index contributed by atoms with van der Waals surface area (Å²) in [5, 5.41) is 5.74. The van der Waals surface area contributed by atoms with Crippen molar-refractivity contribution < 1.29 is 13.2 Å². The molecular formula is C20H18N4O3S2. The number of anilines is 2. The zero-order chi connectivity index (χ0) is 20.4. The van der Waals surface area contributed by atoms with Crippen molar-refractivity contribution in [2.24, 2.45) is 0 Å². The summed E-state index contributed by atoms with van der Waals surface area (Å²) in [4.78, 5) is 19.7. The van der Waals surface area contributed by atoms with Gasteiger partial charge in [0.05, 0.1) is 4.90 Å². The molecule has 0 aliphatic heterocycles. The van der Waals surface area contributed by atoms with Gasteiger partial charge in [-0.1, -0.05) is 13.0 Å². The number of benzene rings is 2. The highest BCUT2D eigenvalue weighted by Crippen LogP contribution is 2.21. The van der Waals surface area contributed by atoms with Crippen LogP contribution in [0.3, 0.4) is 0 Å². The standard InChI is InChI=1S/C20H18N4O3S2/c1-2-13-3-8-17-14(11-13)12-18(23-17)19(25)22-15-4-6-16(7-5-15)29(26,27)24-20-21-9-10-28-20/h3-12,23H,2H2,1H3,(H,21,24)(H,22,25). The van der Waals surface area contributed by atoms with Gasteiger partial charge in [-0.25, -0.2) is 13.4 Å². The predicted octanol–water partition coefficient (Wildman–Crippen LogP) is 4.24. The third kappa shape index (κ3) is 4.15. The SMILES string of the molecule is CCc1ccc2[nH]c(C(=O)Nc3ccc(S(=O)(=O)Nc4nccs4)cc3)cc2c1. The van der Waals surface area contributed by atoms with E-state index in [-0.39, 0.29) is 10.8 Å². The molecule has 0 atom stereocenters. The van der Waals surface area contributed by atoms with E-state index < -0.39 is 10.0 Å². The molecule has 2 aromatic heterocycles. The lowest BCUT2D eigenvalue weighted by molar-refractivity contribution is 0.102. The zero-order valence-corrected chi connectivity index (χ0v) is 17.1. The molecule has 0 radical (unpaired) electrons. The topological polar surface area (TPSA) is 104 Å². The number of sulfonamides is 1. The highest BCUT2D eigenvalue weighted by atomic mass is 32.2. The van der Waals surface area contributed by atoms with Gasteiger partial charge in [-0.15, -0.1) is 11.3 Å². The first-order valence-corrected chi connectivity index (χ1v) is 11.3. The lowest BCUT2D eigenvalue weighted by Gasteiger charge is -2.07. The number of carbonyl (C=O) groups is 1. The van der Waals surface area contributed by atoms with Crippen LogP contribution in [0.1, 0.15) is 23.0 Å². The van der Waals surface area contributed by atoms with Gasteiger partial charge >= 0.3 is 0 Å². The fourth-order valence-corrected chi connectivity index (χ4v) is 4.68. The zero-order valence-electron chi connectivity index (χ0n) is 15.5. The van der Waals surface area contributed by atoms with E-state index in [4.69, 9.17) is 0 Å². The molecule has 3 N–H and O–H groups in total. The van der Waals surface area contributed by atoms with Crippen LogP contribution < -0.4 is 10.0 Å². The summed E-state index contributed by atoms with van der Waals surface area (Å²) in [6.07, 6.45) is 2.45. The van der Waals surface area contributed by atoms with Crippen molar-refractivity contribution >= 4 is 49.0 Å². The van der Waals surface area contributed by atoms with E-state index in [0.29, 0.717) is 16.5 Å². The van der Waals surface area contributed by atoms with Crippen molar-refractivity contribution in [3.63, 3.8) is 0 Å². The molecule has 4 aromatic rings. The van der Waals surface area contributed by atoms with Crippen LogP contribution in [0.15, 0.2) is 65.0 Å². The molecule has 1 amide bonds. The van der Waals surface area contributed by atoms with Crippen LogP contribution >= 0.6 is 11.3 Å². The van der Waals surface area contributed by atoms with Crippen LogP contribution in [-0.2, 0) is 16.4 Å². The summed E-state index contributed by atoms with van der Waals surface area (Å²) in [5.41, 5.74) is 3.03. The molecule has 29 heavy (non-hydrogen) atoms. The summed E-state index contributed by atoms with van der Waals surface area (Å²) in [7, 11) is -3.73. The van der Waals surface area contributed by atoms with Gasteiger partial charge in [0.2, 0.25) is 0 Å². The van der Waals surface area contributed by atoms with E-state index in [0.717, 1.165) is 17.3 Å². The highest BCUT2D eigenvalue weighted by Gasteiger charge is 2.16. The van der Waals surface area contributed by atoms with Gasteiger partial charge < -0.3 is 10.3 Å². The van der Waals surface area contributed by atoms with Gasteiger partial charge in [-0.2, -0.15) is 0 Å². The Bertz CT molecular complexity index is 1260. The molecular weight excluding hydrogens is 408 g/mol. The lowest BCUT2D eigenvalue weighted by atomic mass is 10.1. The molecule has 0 saturated heterocycles. The van der Waals surface area contributed by atoms with Gasteiger partial charge in [0.15, 0.2) is 5.13 Å². The molecule has 7 nitrogen and oxygen atoms in total. The average molecular weight is 427 g/mol. The number of hydrogen-bond donors (Lipinski definition) is 3. The Balaban J connectivity index is 1.49. The molecule has 0 unspecified atom stereocenters. The van der Waals surface area contributed by atoms with E-state index >= 15 is 0 Å². The summed E-state index contributed by atoms with van der Waals surface area (Å²) < 4.78 is 27.2. The number of H-pyrrole nitrogens is 1. The number of nitrogens with zero attached hydrogens (tertiary/aromatic N) is 1. The van der Waals surface area contributed by atoms with Crippen LogP contribution in [0.2, 0.25) is 0 Å². The predicted molar refractivity (Wildman–Crippen MR) is 115 cm³/mol. The Labute approximate surface area is 171 Å². The van der Waals surface area contributed by atoms with Gasteiger partial charge in [-0.05, 0) is 54.4 Å². The fourth-order valence-electron chi connectivity index (χ4n) is 2.89. The van der Waals surface area contributed by atoms with Crippen LogP contribution in [0.25, 0.3) is 10.9 Å². The maximum absolute atomic E-state index is 12.6. The third-order valence-electron chi connectivity index (χ3n) is 4.41. The van der Waals surface area contributed by atoms with Gasteiger partial charge in [-0.3, -0.25) is 9.52 Å². The number of nitrogens with one attached hydrogen (secondary N) is 3. The fraction of sp³-hybridized carbons (Fsp3) is 0.100. The number of aromatic amines is 1. The first-order valence-electron chi connectivity index (χ1n) is 8.90. The van der Waals surface area contributed by atoms with Gasteiger partial charge in [0, 0.05) is 28.2 Å². The van der Waals surface area contributed by atoms with Crippen LogP contribution in [0.5, 0.6) is 0 Å². The van der Waals surface area contributed by atoms with E-state index in [2.05, 4.69) is 33.0 Å². The normalized spacial score (nSPS) is 11.5. The quantitative estimate of drug-likeness (QED) is 0.429. The van der Waals surface area contributed by atoms with Crippen molar-refractivity contribution in [2.75, 3.05) is 10.0 Å². The largest absolute Gasteiger partial charge is 0.351 e. The highest BCUT2D eigenvalue weighted by molar-refractivity contribution is 7.93. The van der Waals surface area contributed by atoms with Crippen molar-refractivity contribution in [3.05, 3.63) is 71.4 Å². The monoisotopic (exact) mass is 426 g/mol. The maximum atomic E-state index is 12.6. The van der Waals surface area contributed by atoms with Gasteiger partial charge in [0.1, 0.15) is 5.69 Å². The summed E-state index contributed by atoms with van der Waals surface area (Å²) in [6, 6.07) is 13.8. The number of amides is 1. The second-order valence-corrected chi connectivity index (χ2v) is 8.96. The average Bonchev–Trinajstić information content (AvgIpc) is 3.36. The lowest BCUT2D eigenvalue weighted by Crippen LogP contribution is -2.14. The number of aryl methyl sites for hydroxylation is 1. The van der Waals surface area contributed by atoms with Crippen molar-refractivity contribution in [1.82, 2.24) is 9.97 Å². The van der Waals surface area contributed by atoms with E-state index in [9.17, 15) is 13.2 Å². The summed E-state index contributed by atoms with van der Waals surface area (Å²) in [6.45, 7) is 2.08. The van der Waals surface area contributed by atoms with Gasteiger partial charge in [0.25, 0.3) is 15.9 Å². The molecule has 9 heteroatoms. The second-order valence-electron chi connectivity index (χ2n) is 6.38. The first-order chi connectivity index (χ1) is 13.9. The van der Waals surface area contributed by atoms with Crippen LogP contribution in [0.4, 0.5) is 10.8 Å². The van der Waals surface area contributed by atoms with Crippen molar-refractivity contribution in [1.29, 1.82) is 0 Å². The van der Waals surface area contributed by atoms with Crippen molar-refractivity contribution in [3.8, 4) is 0 Å². The smallest absolute Gasteiger partial charge is 0.272 e. The number of rotatable bonds is 6. The third-order valence-corrected chi connectivity index (χ3v) is 6.59. The van der Waals surface area contributed by atoms with E-state index in [1.807, 2.05) is 12.1 Å². The van der Waals surface area contributed by atoms with E-state index in [1.165, 1.54) is 35.2 Å². The van der Waals surface area contributed by atoms with E-state index in [1.54, 1.807) is 23.6 Å². The molecule has 0 aliphatic rings. The number of fused-ring (bicyclic) bond motifs is 1. The molecule has 0 aliphatic carbocycles. The number of hydrogen-bond acceptors (Lipinski definition) is 5. The molecule has 148 valence electrons. The minimum Gasteiger partial charge on any atom is -0.351 e.